The summed E-state index contributed by atoms with van der Waals surface area (Å²) >= 11 is 0. The molecule has 0 heterocycles. The third-order valence-electron chi connectivity index (χ3n) is 2.81. The zero-order valence-electron chi connectivity index (χ0n) is 12.3. The van der Waals surface area contributed by atoms with Crippen LogP contribution in [0, 0.1) is 13.8 Å². The smallest absolute Gasteiger partial charge is 0.408 e. The molecule has 1 aromatic carbocycles. The number of rotatable bonds is 3. The molecule has 4 heteroatoms. The van der Waals surface area contributed by atoms with Gasteiger partial charge in [-0.25, -0.2) is 4.79 Å². The molecule has 0 aromatic heterocycles. The first-order chi connectivity index (χ1) is 8.73. The van der Waals surface area contributed by atoms with Crippen LogP contribution in [0.5, 0.6) is 0 Å². The van der Waals surface area contributed by atoms with E-state index in [0.717, 1.165) is 11.1 Å². The van der Waals surface area contributed by atoms with Crippen molar-refractivity contribution in [1.29, 1.82) is 0 Å². The van der Waals surface area contributed by atoms with Crippen LogP contribution in [-0.2, 0) is 4.74 Å². The molecule has 0 aliphatic heterocycles. The number of amides is 1. The van der Waals surface area contributed by atoms with E-state index >= 15 is 0 Å². The molecule has 1 unspecified atom stereocenters. The predicted molar refractivity (Wildman–Crippen MR) is 75.1 cm³/mol. The molecule has 0 radical (unpaired) electrons. The van der Waals surface area contributed by atoms with Crippen LogP contribution in [0.2, 0.25) is 0 Å². The summed E-state index contributed by atoms with van der Waals surface area (Å²) in [7, 11) is 0. The van der Waals surface area contributed by atoms with Gasteiger partial charge in [0, 0.05) is 0 Å². The van der Waals surface area contributed by atoms with Gasteiger partial charge in [-0.05, 0) is 51.3 Å². The molecule has 1 rings (SSSR count). The van der Waals surface area contributed by atoms with Crippen molar-refractivity contribution in [2.75, 3.05) is 6.61 Å². The summed E-state index contributed by atoms with van der Waals surface area (Å²) in [5, 5.41) is 12.1. The molecule has 0 fully saturated rings. The van der Waals surface area contributed by atoms with Crippen LogP contribution in [0.4, 0.5) is 4.79 Å². The minimum atomic E-state index is -0.548. The second kappa shape index (κ2) is 6.06. The van der Waals surface area contributed by atoms with E-state index < -0.39 is 17.7 Å². The average molecular weight is 265 g/mol. The van der Waals surface area contributed by atoms with Crippen molar-refractivity contribution < 1.29 is 14.6 Å². The van der Waals surface area contributed by atoms with E-state index in [-0.39, 0.29) is 6.61 Å². The van der Waals surface area contributed by atoms with E-state index in [2.05, 4.69) is 5.32 Å². The fraction of sp³-hybridized carbons (Fsp3) is 0.533. The van der Waals surface area contributed by atoms with Gasteiger partial charge in [-0.15, -0.1) is 0 Å². The molecule has 0 spiro atoms. The van der Waals surface area contributed by atoms with Gasteiger partial charge in [0.05, 0.1) is 12.6 Å². The first-order valence-electron chi connectivity index (χ1n) is 6.40. The summed E-state index contributed by atoms with van der Waals surface area (Å²) in [5.41, 5.74) is 2.63. The lowest BCUT2D eigenvalue weighted by Gasteiger charge is -2.23. The number of carbonyl (C=O) groups is 1. The Kier molecular flexibility index (Phi) is 4.95. The van der Waals surface area contributed by atoms with Crippen molar-refractivity contribution in [2.24, 2.45) is 0 Å². The molecular weight excluding hydrogens is 242 g/mol. The van der Waals surface area contributed by atoms with Crippen LogP contribution in [0.25, 0.3) is 0 Å². The Balaban J connectivity index is 2.78. The summed E-state index contributed by atoms with van der Waals surface area (Å²) in [6.07, 6.45) is -0.523. The molecule has 1 amide bonds. The number of nitrogens with one attached hydrogen (secondary N) is 1. The van der Waals surface area contributed by atoms with E-state index in [1.807, 2.05) is 32.0 Å². The highest BCUT2D eigenvalue weighted by Crippen LogP contribution is 2.17. The van der Waals surface area contributed by atoms with Crippen LogP contribution in [-0.4, -0.2) is 23.4 Å². The molecule has 106 valence electrons. The quantitative estimate of drug-likeness (QED) is 0.883. The lowest BCUT2D eigenvalue weighted by Crippen LogP contribution is -2.36. The van der Waals surface area contributed by atoms with E-state index in [1.165, 1.54) is 5.56 Å². The minimum Gasteiger partial charge on any atom is -0.444 e. The molecule has 1 atom stereocenters. The molecule has 4 nitrogen and oxygen atoms in total. The highest BCUT2D eigenvalue weighted by Gasteiger charge is 2.20. The monoisotopic (exact) mass is 265 g/mol. The lowest BCUT2D eigenvalue weighted by atomic mass is 10.0. The summed E-state index contributed by atoms with van der Waals surface area (Å²) in [6.45, 7) is 9.26. The third-order valence-corrected chi connectivity index (χ3v) is 2.81. The minimum absolute atomic E-state index is 0.165. The van der Waals surface area contributed by atoms with Crippen LogP contribution in [0.15, 0.2) is 18.2 Å². The van der Waals surface area contributed by atoms with E-state index in [0.29, 0.717) is 0 Å². The Morgan fingerprint density at radius 3 is 2.42 bits per heavy atom. The highest BCUT2D eigenvalue weighted by atomic mass is 16.6. The SMILES string of the molecule is Cc1ccc(C(CO)NC(=O)OC(C)(C)C)cc1C. The maximum Gasteiger partial charge on any atom is 0.408 e. The predicted octanol–water partition coefficient (Wildman–Crippen LogP) is 2.86. The van der Waals surface area contributed by atoms with Gasteiger partial charge >= 0.3 is 6.09 Å². The Morgan fingerprint density at radius 2 is 1.95 bits per heavy atom. The largest absolute Gasteiger partial charge is 0.444 e. The maximum atomic E-state index is 11.7. The molecular formula is C15H23NO3. The normalized spacial score (nSPS) is 12.9. The first kappa shape index (κ1) is 15.5. The number of aliphatic hydroxyl groups excluding tert-OH is 1. The van der Waals surface area contributed by atoms with Gasteiger partial charge in [-0.1, -0.05) is 18.2 Å². The van der Waals surface area contributed by atoms with Crippen molar-refractivity contribution in [3.8, 4) is 0 Å². The van der Waals surface area contributed by atoms with E-state index in [9.17, 15) is 9.90 Å². The summed E-state index contributed by atoms with van der Waals surface area (Å²) in [5.74, 6) is 0. The second-order valence-corrected chi connectivity index (χ2v) is 5.73. The van der Waals surface area contributed by atoms with Gasteiger partial charge in [-0.3, -0.25) is 0 Å². The molecule has 19 heavy (non-hydrogen) atoms. The fourth-order valence-corrected chi connectivity index (χ4v) is 1.67. The van der Waals surface area contributed by atoms with Crippen molar-refractivity contribution in [2.45, 2.75) is 46.3 Å². The van der Waals surface area contributed by atoms with Crippen LogP contribution in [0.1, 0.15) is 43.5 Å². The molecule has 0 saturated heterocycles. The highest BCUT2D eigenvalue weighted by molar-refractivity contribution is 5.68. The second-order valence-electron chi connectivity index (χ2n) is 5.73. The van der Waals surface area contributed by atoms with Crippen molar-refractivity contribution in [3.63, 3.8) is 0 Å². The number of benzene rings is 1. The number of carbonyl (C=O) groups excluding carboxylic acids is 1. The molecule has 1 aromatic rings. The molecule has 0 aliphatic rings. The number of aliphatic hydroxyl groups is 1. The Labute approximate surface area is 114 Å². The number of alkyl carbamates (subject to hydrolysis) is 1. The molecule has 0 saturated carbocycles. The topological polar surface area (TPSA) is 58.6 Å². The molecule has 0 bridgehead atoms. The molecule has 0 aliphatic carbocycles. The van der Waals surface area contributed by atoms with Gasteiger partial charge in [0.15, 0.2) is 0 Å². The number of hydrogen-bond acceptors (Lipinski definition) is 3. The van der Waals surface area contributed by atoms with E-state index in [4.69, 9.17) is 4.74 Å². The third kappa shape index (κ3) is 4.91. The first-order valence-corrected chi connectivity index (χ1v) is 6.40. The summed E-state index contributed by atoms with van der Waals surface area (Å²) < 4.78 is 5.18. The zero-order valence-corrected chi connectivity index (χ0v) is 12.3. The Hall–Kier alpha value is -1.55. The van der Waals surface area contributed by atoms with Gasteiger partial charge in [0.2, 0.25) is 0 Å². The average Bonchev–Trinajstić information content (AvgIpc) is 2.27. The van der Waals surface area contributed by atoms with Crippen LogP contribution in [0.3, 0.4) is 0 Å². The fourth-order valence-electron chi connectivity index (χ4n) is 1.67. The van der Waals surface area contributed by atoms with Gasteiger partial charge in [0.25, 0.3) is 0 Å². The van der Waals surface area contributed by atoms with Gasteiger partial charge < -0.3 is 15.2 Å². The standard InChI is InChI=1S/C15H23NO3/c1-10-6-7-12(8-11(10)2)13(9-17)16-14(18)19-15(3,4)5/h6-8,13,17H,9H2,1-5H3,(H,16,18). The van der Waals surface area contributed by atoms with Crippen molar-refractivity contribution in [1.82, 2.24) is 5.32 Å². The number of hydrogen-bond donors (Lipinski definition) is 2. The Bertz CT molecular complexity index is 449. The molecule has 2 N–H and O–H groups in total. The van der Waals surface area contributed by atoms with Crippen LogP contribution >= 0.6 is 0 Å². The Morgan fingerprint density at radius 1 is 1.32 bits per heavy atom. The maximum absolute atomic E-state index is 11.7. The zero-order chi connectivity index (χ0) is 14.6. The summed E-state index contributed by atoms with van der Waals surface area (Å²) in [6, 6.07) is 5.40. The van der Waals surface area contributed by atoms with Crippen molar-refractivity contribution in [3.05, 3.63) is 34.9 Å². The van der Waals surface area contributed by atoms with E-state index in [1.54, 1.807) is 20.8 Å². The summed E-state index contributed by atoms with van der Waals surface area (Å²) in [4.78, 5) is 11.7. The van der Waals surface area contributed by atoms with Crippen molar-refractivity contribution >= 4 is 6.09 Å². The number of aryl methyl sites for hydroxylation is 2. The lowest BCUT2D eigenvalue weighted by molar-refractivity contribution is 0.0482. The van der Waals surface area contributed by atoms with Gasteiger partial charge in [0.1, 0.15) is 5.60 Å². The van der Waals surface area contributed by atoms with Crippen LogP contribution < -0.4 is 5.32 Å². The number of ether oxygens (including phenoxy) is 1. The van der Waals surface area contributed by atoms with Gasteiger partial charge in [-0.2, -0.15) is 0 Å².